The predicted octanol–water partition coefficient (Wildman–Crippen LogP) is 2.15. The number of piperidine rings is 1. The molecule has 13 heavy (non-hydrogen) atoms. The molecular weight excluding hydrogens is 176 g/mol. The molecule has 1 aliphatic heterocycles. The summed E-state index contributed by atoms with van der Waals surface area (Å²) in [5.41, 5.74) is 0. The normalized spacial score (nSPS) is 25.9. The third-order valence-electron chi connectivity index (χ3n) is 2.13. The number of hydrogen-bond acceptors (Lipinski definition) is 1. The van der Waals surface area contributed by atoms with E-state index in [4.69, 9.17) is 0 Å². The molecule has 78 valence electrons. The largest absolute Gasteiger partial charge is 0.339 e. The second kappa shape index (κ2) is 5.14. The van der Waals surface area contributed by atoms with E-state index in [1.807, 2.05) is 13.8 Å². The van der Waals surface area contributed by atoms with Crippen molar-refractivity contribution in [1.29, 1.82) is 0 Å². The Labute approximate surface area is 77.9 Å². The van der Waals surface area contributed by atoms with Crippen LogP contribution in [0.2, 0.25) is 0 Å². The lowest BCUT2D eigenvalue weighted by Gasteiger charge is -2.34. The molecule has 1 atom stereocenters. The van der Waals surface area contributed by atoms with E-state index in [9.17, 15) is 13.6 Å². The minimum atomic E-state index is -2.70. The molecule has 2 nitrogen and oxygen atoms in total. The summed E-state index contributed by atoms with van der Waals surface area (Å²) in [6, 6.07) is 0. The van der Waals surface area contributed by atoms with E-state index in [2.05, 4.69) is 0 Å². The molecule has 0 saturated carbocycles. The van der Waals surface area contributed by atoms with Crippen molar-refractivity contribution < 1.29 is 13.6 Å². The summed E-state index contributed by atoms with van der Waals surface area (Å²) in [7, 11) is 0. The number of nitrogens with zero attached hydrogens (tertiary/aromatic N) is 1. The maximum Gasteiger partial charge on any atom is 0.267 e. The highest BCUT2D eigenvalue weighted by Crippen LogP contribution is 2.31. The van der Waals surface area contributed by atoms with Crippen LogP contribution in [0.5, 0.6) is 0 Å². The van der Waals surface area contributed by atoms with E-state index in [-0.39, 0.29) is 0 Å². The van der Waals surface area contributed by atoms with E-state index < -0.39 is 18.4 Å². The molecule has 1 fully saturated rings. The van der Waals surface area contributed by atoms with E-state index in [1.165, 1.54) is 6.92 Å². The minimum absolute atomic E-state index is 0.395. The average molecular weight is 193 g/mol. The van der Waals surface area contributed by atoms with Gasteiger partial charge in [0.15, 0.2) is 0 Å². The first-order valence-electron chi connectivity index (χ1n) is 4.63. The van der Waals surface area contributed by atoms with Crippen molar-refractivity contribution >= 4 is 6.41 Å². The second-order valence-electron chi connectivity index (χ2n) is 3.03. The standard InChI is InChI=1S/C7H11F2NO.C2H6/c1-6-2-3-10(5-11)4-7(6,8)9;1-2/h5-6H,2-4H2,1H3;1-2H3. The number of carbonyl (C=O) groups is 1. The van der Waals surface area contributed by atoms with Crippen molar-refractivity contribution in [3.63, 3.8) is 0 Å². The van der Waals surface area contributed by atoms with Crippen LogP contribution in [0, 0.1) is 5.92 Å². The Bertz CT molecular complexity index is 162. The van der Waals surface area contributed by atoms with Gasteiger partial charge in [-0.05, 0) is 6.42 Å². The van der Waals surface area contributed by atoms with Crippen LogP contribution in [-0.2, 0) is 4.79 Å². The van der Waals surface area contributed by atoms with Gasteiger partial charge in [0.2, 0.25) is 6.41 Å². The molecule has 0 radical (unpaired) electrons. The first-order chi connectivity index (χ1) is 6.06. The summed E-state index contributed by atoms with van der Waals surface area (Å²) < 4.78 is 25.7. The number of hydrogen-bond donors (Lipinski definition) is 0. The van der Waals surface area contributed by atoms with Gasteiger partial charge in [-0.1, -0.05) is 20.8 Å². The fourth-order valence-corrected chi connectivity index (χ4v) is 1.17. The second-order valence-corrected chi connectivity index (χ2v) is 3.03. The summed E-state index contributed by atoms with van der Waals surface area (Å²) in [4.78, 5) is 11.3. The number of carbonyl (C=O) groups excluding carboxylic acids is 1. The fourth-order valence-electron chi connectivity index (χ4n) is 1.17. The van der Waals surface area contributed by atoms with Gasteiger partial charge in [-0.25, -0.2) is 8.78 Å². The number of likely N-dealkylation sites (tertiary alicyclic amines) is 1. The zero-order valence-corrected chi connectivity index (χ0v) is 8.39. The molecule has 1 amide bonds. The van der Waals surface area contributed by atoms with Crippen LogP contribution in [-0.4, -0.2) is 30.3 Å². The Balaban J connectivity index is 0.000000671. The van der Waals surface area contributed by atoms with Crippen LogP contribution in [0.15, 0.2) is 0 Å². The molecule has 0 bridgehead atoms. The van der Waals surface area contributed by atoms with Crippen LogP contribution in [0.4, 0.5) is 8.78 Å². The summed E-state index contributed by atoms with van der Waals surface area (Å²) in [6.45, 7) is 5.56. The highest BCUT2D eigenvalue weighted by Gasteiger charge is 2.41. The maximum absolute atomic E-state index is 12.8. The van der Waals surface area contributed by atoms with Gasteiger partial charge in [-0.2, -0.15) is 0 Å². The Hall–Kier alpha value is -0.670. The summed E-state index contributed by atoms with van der Waals surface area (Å²) in [5.74, 6) is -3.29. The molecule has 1 aliphatic rings. The van der Waals surface area contributed by atoms with Gasteiger partial charge in [0.1, 0.15) is 0 Å². The van der Waals surface area contributed by atoms with Gasteiger partial charge in [-0.3, -0.25) is 4.79 Å². The van der Waals surface area contributed by atoms with Crippen LogP contribution in [0.1, 0.15) is 27.2 Å². The topological polar surface area (TPSA) is 20.3 Å². The summed E-state index contributed by atoms with van der Waals surface area (Å²) >= 11 is 0. The summed E-state index contributed by atoms with van der Waals surface area (Å²) in [6.07, 6.45) is 0.880. The van der Waals surface area contributed by atoms with E-state index in [0.717, 1.165) is 4.90 Å². The molecule has 0 spiro atoms. The number of halogens is 2. The van der Waals surface area contributed by atoms with Crippen LogP contribution < -0.4 is 0 Å². The SMILES string of the molecule is CC.CC1CCN(C=O)CC1(F)F. The predicted molar refractivity (Wildman–Crippen MR) is 47.7 cm³/mol. The summed E-state index contributed by atoms with van der Waals surface area (Å²) in [5, 5.41) is 0. The van der Waals surface area contributed by atoms with Gasteiger partial charge in [0.05, 0.1) is 6.54 Å². The van der Waals surface area contributed by atoms with E-state index in [1.54, 1.807) is 0 Å². The third-order valence-corrected chi connectivity index (χ3v) is 2.13. The molecule has 0 aliphatic carbocycles. The monoisotopic (exact) mass is 193 g/mol. The maximum atomic E-state index is 12.8. The molecule has 0 aromatic heterocycles. The molecule has 1 saturated heterocycles. The average Bonchev–Trinajstić information content (AvgIpc) is 2.13. The lowest BCUT2D eigenvalue weighted by molar-refractivity contribution is -0.136. The Kier molecular flexibility index (Phi) is 4.88. The number of alkyl halides is 2. The van der Waals surface area contributed by atoms with E-state index >= 15 is 0 Å². The van der Waals surface area contributed by atoms with Crippen LogP contribution in [0.25, 0.3) is 0 Å². The van der Waals surface area contributed by atoms with Crippen LogP contribution >= 0.6 is 0 Å². The van der Waals surface area contributed by atoms with Gasteiger partial charge >= 0.3 is 0 Å². The van der Waals surface area contributed by atoms with E-state index in [0.29, 0.717) is 19.4 Å². The number of amides is 1. The smallest absolute Gasteiger partial charge is 0.267 e. The van der Waals surface area contributed by atoms with Crippen LogP contribution in [0.3, 0.4) is 0 Å². The third kappa shape index (κ3) is 3.28. The molecule has 0 aromatic rings. The molecule has 1 heterocycles. The quantitative estimate of drug-likeness (QED) is 0.584. The van der Waals surface area contributed by atoms with Crippen molar-refractivity contribution in [2.24, 2.45) is 5.92 Å². The highest BCUT2D eigenvalue weighted by molar-refractivity contribution is 5.47. The fraction of sp³-hybridized carbons (Fsp3) is 0.889. The van der Waals surface area contributed by atoms with Crippen molar-refractivity contribution in [1.82, 2.24) is 4.90 Å². The van der Waals surface area contributed by atoms with Crippen molar-refractivity contribution in [2.75, 3.05) is 13.1 Å². The lowest BCUT2D eigenvalue weighted by Crippen LogP contribution is -2.46. The minimum Gasteiger partial charge on any atom is -0.339 e. The Morgan fingerprint density at radius 3 is 2.38 bits per heavy atom. The first-order valence-corrected chi connectivity index (χ1v) is 4.63. The van der Waals surface area contributed by atoms with Gasteiger partial charge < -0.3 is 4.90 Å². The highest BCUT2D eigenvalue weighted by atomic mass is 19.3. The molecule has 4 heteroatoms. The van der Waals surface area contributed by atoms with Crippen molar-refractivity contribution in [3.05, 3.63) is 0 Å². The number of rotatable bonds is 1. The Morgan fingerprint density at radius 2 is 2.00 bits per heavy atom. The zero-order chi connectivity index (χ0) is 10.5. The molecule has 0 N–H and O–H groups in total. The Morgan fingerprint density at radius 1 is 1.46 bits per heavy atom. The van der Waals surface area contributed by atoms with Crippen molar-refractivity contribution in [2.45, 2.75) is 33.1 Å². The first kappa shape index (κ1) is 12.3. The van der Waals surface area contributed by atoms with Crippen molar-refractivity contribution in [3.8, 4) is 0 Å². The zero-order valence-electron chi connectivity index (χ0n) is 8.39. The molecule has 1 rings (SSSR count). The van der Waals surface area contributed by atoms with Gasteiger partial charge in [-0.15, -0.1) is 0 Å². The molecule has 0 aromatic carbocycles. The van der Waals surface area contributed by atoms with Gasteiger partial charge in [0.25, 0.3) is 5.92 Å². The lowest BCUT2D eigenvalue weighted by atomic mass is 9.95. The molecule has 1 unspecified atom stereocenters. The van der Waals surface area contributed by atoms with Gasteiger partial charge in [0, 0.05) is 12.5 Å². The molecular formula is C9H17F2NO.